The van der Waals surface area contributed by atoms with Crippen molar-refractivity contribution in [2.45, 2.75) is 31.7 Å². The Morgan fingerprint density at radius 3 is 2.95 bits per heavy atom. The summed E-state index contributed by atoms with van der Waals surface area (Å²) in [5, 5.41) is 3.50. The third-order valence-electron chi connectivity index (χ3n) is 3.58. The van der Waals surface area contributed by atoms with E-state index in [2.05, 4.69) is 16.4 Å². The molecule has 1 aromatic rings. The van der Waals surface area contributed by atoms with E-state index < -0.39 is 0 Å². The summed E-state index contributed by atoms with van der Waals surface area (Å²) >= 11 is 0. The van der Waals surface area contributed by atoms with Crippen LogP contribution in [0.2, 0.25) is 0 Å². The first kappa shape index (κ1) is 14.0. The van der Waals surface area contributed by atoms with Gasteiger partial charge in [0.05, 0.1) is 7.11 Å². The van der Waals surface area contributed by atoms with Crippen LogP contribution in [0.4, 0.5) is 0 Å². The molecule has 0 fully saturated rings. The fraction of sp³-hybridized carbons (Fsp3) is 0.533. The summed E-state index contributed by atoms with van der Waals surface area (Å²) in [6, 6.07) is 4.06. The molecule has 0 radical (unpaired) electrons. The molecule has 0 spiro atoms. The van der Waals surface area contributed by atoms with Crippen LogP contribution in [0.3, 0.4) is 0 Å². The lowest BCUT2D eigenvalue weighted by molar-refractivity contribution is 0.397. The van der Waals surface area contributed by atoms with Gasteiger partial charge in [0.15, 0.2) is 0 Å². The Bertz CT molecular complexity index is 414. The predicted molar refractivity (Wildman–Crippen MR) is 77.1 cm³/mol. The fourth-order valence-electron chi connectivity index (χ4n) is 2.43. The van der Waals surface area contributed by atoms with Crippen LogP contribution in [0.5, 0.6) is 5.88 Å². The number of nitrogens with one attached hydrogen (secondary N) is 1. The van der Waals surface area contributed by atoms with Gasteiger partial charge in [-0.25, -0.2) is 4.98 Å². The van der Waals surface area contributed by atoms with E-state index in [-0.39, 0.29) is 6.04 Å². The zero-order chi connectivity index (χ0) is 13.5. The molecule has 0 saturated heterocycles. The molecule has 1 atom stereocenters. The van der Waals surface area contributed by atoms with E-state index in [1.54, 1.807) is 12.7 Å². The summed E-state index contributed by atoms with van der Waals surface area (Å²) in [6.45, 7) is 1.55. The average Bonchev–Trinajstić information content (AvgIpc) is 2.97. The minimum Gasteiger partial charge on any atom is -0.481 e. The van der Waals surface area contributed by atoms with Crippen LogP contribution in [0.1, 0.15) is 37.3 Å². The fourth-order valence-corrected chi connectivity index (χ4v) is 2.43. The second-order valence-corrected chi connectivity index (χ2v) is 4.88. The molecular formula is C15H23N3O. The standard InChI is InChI=1S/C15H23N3O/c1-19-15-7-6-13(11-18-15)14(10-16)17-9-8-12-4-2-3-5-12/h4,6-7,11,14,17H,2-3,5,8-10,16H2,1H3. The second kappa shape index (κ2) is 7.26. The number of rotatable bonds is 7. The molecule has 1 aliphatic rings. The normalized spacial score (nSPS) is 16.2. The smallest absolute Gasteiger partial charge is 0.212 e. The molecule has 0 amide bonds. The maximum absolute atomic E-state index is 5.83. The maximum atomic E-state index is 5.83. The van der Waals surface area contributed by atoms with Crippen molar-refractivity contribution in [1.29, 1.82) is 0 Å². The number of hydrogen-bond donors (Lipinski definition) is 2. The molecule has 19 heavy (non-hydrogen) atoms. The van der Waals surface area contributed by atoms with Crippen LogP contribution >= 0.6 is 0 Å². The molecule has 1 unspecified atom stereocenters. The maximum Gasteiger partial charge on any atom is 0.212 e. The van der Waals surface area contributed by atoms with Crippen molar-refractivity contribution in [2.24, 2.45) is 5.73 Å². The molecule has 1 aromatic heterocycles. The molecule has 4 nitrogen and oxygen atoms in total. The van der Waals surface area contributed by atoms with Crippen LogP contribution in [-0.2, 0) is 0 Å². The number of methoxy groups -OCH3 is 1. The van der Waals surface area contributed by atoms with E-state index >= 15 is 0 Å². The summed E-state index contributed by atoms with van der Waals surface area (Å²) in [5.41, 5.74) is 8.53. The van der Waals surface area contributed by atoms with Crippen molar-refractivity contribution < 1.29 is 4.74 Å². The third kappa shape index (κ3) is 4.04. The van der Waals surface area contributed by atoms with Gasteiger partial charge in [-0.15, -0.1) is 0 Å². The molecule has 0 aliphatic heterocycles. The minimum atomic E-state index is 0.167. The Balaban J connectivity index is 1.84. The SMILES string of the molecule is COc1ccc(C(CN)NCCC2=CCCC2)cn1. The first-order valence-corrected chi connectivity index (χ1v) is 6.94. The van der Waals surface area contributed by atoms with Crippen LogP contribution in [0, 0.1) is 0 Å². The van der Waals surface area contributed by atoms with Crippen LogP contribution in [-0.4, -0.2) is 25.2 Å². The van der Waals surface area contributed by atoms with Crippen LogP contribution in [0.15, 0.2) is 30.0 Å². The Hall–Kier alpha value is -1.39. The number of aromatic nitrogens is 1. The van der Waals surface area contributed by atoms with Gasteiger partial charge in [0.1, 0.15) is 0 Å². The number of hydrogen-bond acceptors (Lipinski definition) is 4. The van der Waals surface area contributed by atoms with Crippen molar-refractivity contribution in [2.75, 3.05) is 20.2 Å². The summed E-state index contributed by atoms with van der Waals surface area (Å²) in [4.78, 5) is 4.22. The highest BCUT2D eigenvalue weighted by atomic mass is 16.5. The summed E-state index contributed by atoms with van der Waals surface area (Å²) in [5.74, 6) is 0.635. The predicted octanol–water partition coefficient (Wildman–Crippen LogP) is 2.18. The average molecular weight is 261 g/mol. The molecule has 4 heteroatoms. The highest BCUT2D eigenvalue weighted by Gasteiger charge is 2.10. The molecule has 1 aliphatic carbocycles. The lowest BCUT2D eigenvalue weighted by Crippen LogP contribution is -2.29. The van der Waals surface area contributed by atoms with Crippen LogP contribution in [0.25, 0.3) is 0 Å². The number of pyridine rings is 1. The molecule has 0 saturated carbocycles. The van der Waals surface area contributed by atoms with Gasteiger partial charge in [-0.2, -0.15) is 0 Å². The lowest BCUT2D eigenvalue weighted by atomic mass is 10.1. The van der Waals surface area contributed by atoms with E-state index in [1.807, 2.05) is 18.3 Å². The summed E-state index contributed by atoms with van der Waals surface area (Å²) in [6.07, 6.45) is 9.15. The first-order chi connectivity index (χ1) is 9.33. The Kier molecular flexibility index (Phi) is 5.36. The topological polar surface area (TPSA) is 60.2 Å². The van der Waals surface area contributed by atoms with Crippen molar-refractivity contribution in [1.82, 2.24) is 10.3 Å². The third-order valence-corrected chi connectivity index (χ3v) is 3.58. The number of ether oxygens (including phenoxy) is 1. The van der Waals surface area contributed by atoms with Gasteiger partial charge in [0.25, 0.3) is 0 Å². The molecule has 0 aromatic carbocycles. The Labute approximate surface area is 115 Å². The highest BCUT2D eigenvalue weighted by molar-refractivity contribution is 5.21. The van der Waals surface area contributed by atoms with Gasteiger partial charge in [-0.3, -0.25) is 0 Å². The van der Waals surface area contributed by atoms with Gasteiger partial charge in [0, 0.05) is 24.8 Å². The number of allylic oxidation sites excluding steroid dienone is 1. The van der Waals surface area contributed by atoms with E-state index in [1.165, 1.54) is 19.3 Å². The van der Waals surface area contributed by atoms with Crippen molar-refractivity contribution in [3.63, 3.8) is 0 Å². The molecular weight excluding hydrogens is 238 g/mol. The van der Waals surface area contributed by atoms with Gasteiger partial charge in [-0.1, -0.05) is 17.7 Å². The quantitative estimate of drug-likeness (QED) is 0.739. The molecule has 1 heterocycles. The summed E-state index contributed by atoms with van der Waals surface area (Å²) in [7, 11) is 1.62. The van der Waals surface area contributed by atoms with Gasteiger partial charge in [-0.05, 0) is 37.8 Å². The van der Waals surface area contributed by atoms with E-state index in [0.717, 1.165) is 18.5 Å². The Morgan fingerprint density at radius 1 is 1.47 bits per heavy atom. The van der Waals surface area contributed by atoms with Gasteiger partial charge in [0.2, 0.25) is 5.88 Å². The lowest BCUT2D eigenvalue weighted by Gasteiger charge is -2.17. The van der Waals surface area contributed by atoms with E-state index in [9.17, 15) is 0 Å². The minimum absolute atomic E-state index is 0.167. The second-order valence-electron chi connectivity index (χ2n) is 4.88. The zero-order valence-electron chi connectivity index (χ0n) is 11.6. The Morgan fingerprint density at radius 2 is 2.37 bits per heavy atom. The van der Waals surface area contributed by atoms with Crippen molar-refractivity contribution in [3.8, 4) is 5.88 Å². The first-order valence-electron chi connectivity index (χ1n) is 6.94. The summed E-state index contributed by atoms with van der Waals surface area (Å²) < 4.78 is 5.06. The monoisotopic (exact) mass is 261 g/mol. The molecule has 2 rings (SSSR count). The number of nitrogens with zero attached hydrogens (tertiary/aromatic N) is 1. The van der Waals surface area contributed by atoms with E-state index in [4.69, 9.17) is 10.5 Å². The zero-order valence-corrected chi connectivity index (χ0v) is 11.6. The van der Waals surface area contributed by atoms with Crippen LogP contribution < -0.4 is 15.8 Å². The largest absolute Gasteiger partial charge is 0.481 e. The number of nitrogens with two attached hydrogens (primary N) is 1. The van der Waals surface area contributed by atoms with Crippen molar-refractivity contribution >= 4 is 0 Å². The van der Waals surface area contributed by atoms with Crippen molar-refractivity contribution in [3.05, 3.63) is 35.5 Å². The molecule has 104 valence electrons. The highest BCUT2D eigenvalue weighted by Crippen LogP contribution is 2.20. The van der Waals surface area contributed by atoms with E-state index in [0.29, 0.717) is 12.4 Å². The van der Waals surface area contributed by atoms with Gasteiger partial charge < -0.3 is 15.8 Å². The van der Waals surface area contributed by atoms with Gasteiger partial charge >= 0.3 is 0 Å². The molecule has 0 bridgehead atoms. The molecule has 3 N–H and O–H groups in total.